The molecule has 0 unspecified atom stereocenters. The van der Waals surface area contributed by atoms with Crippen LogP contribution >= 0.6 is 11.3 Å². The quantitative estimate of drug-likeness (QED) is 0.776. The first-order valence-corrected chi connectivity index (χ1v) is 10.3. The van der Waals surface area contributed by atoms with Crippen LogP contribution in [0, 0.1) is 11.8 Å². The van der Waals surface area contributed by atoms with E-state index in [-0.39, 0.29) is 18.1 Å². The van der Waals surface area contributed by atoms with Gasteiger partial charge in [-0.05, 0) is 31.7 Å². The standard InChI is InChI=1S/C18H28N4O3S/c1-20-3-5-21(6-4-20)14-7-12-10-22(11-13(12)8-15(14)23)18-19-9-16(26-18)17(24)25-2/h9,12-15,23H,3-8,10-11H2,1-2H3/t12-,13+,14-,15-/m1/s1. The van der Waals surface area contributed by atoms with Crippen LogP contribution in [0.5, 0.6) is 0 Å². The van der Waals surface area contributed by atoms with Crippen LogP contribution in [0.25, 0.3) is 0 Å². The van der Waals surface area contributed by atoms with Crippen LogP contribution in [0.15, 0.2) is 6.20 Å². The predicted octanol–water partition coefficient (Wildman–Crippen LogP) is 0.753. The lowest BCUT2D eigenvalue weighted by Crippen LogP contribution is -2.55. The molecule has 0 amide bonds. The molecule has 144 valence electrons. The molecule has 8 heteroatoms. The van der Waals surface area contributed by atoms with E-state index in [1.165, 1.54) is 18.4 Å². The van der Waals surface area contributed by atoms with Gasteiger partial charge in [0.2, 0.25) is 0 Å². The van der Waals surface area contributed by atoms with Gasteiger partial charge in [-0.15, -0.1) is 0 Å². The SMILES string of the molecule is COC(=O)c1cnc(N2C[C@H]3C[C@@H](N4CCN(C)CC4)[C@H](O)C[C@H]3C2)s1. The first-order chi connectivity index (χ1) is 12.5. The summed E-state index contributed by atoms with van der Waals surface area (Å²) in [4.78, 5) is 23.8. The van der Waals surface area contributed by atoms with E-state index >= 15 is 0 Å². The van der Waals surface area contributed by atoms with E-state index in [2.05, 4.69) is 26.7 Å². The van der Waals surface area contributed by atoms with E-state index in [9.17, 15) is 9.90 Å². The van der Waals surface area contributed by atoms with Crippen molar-refractivity contribution in [1.82, 2.24) is 14.8 Å². The van der Waals surface area contributed by atoms with Crippen molar-refractivity contribution in [1.29, 1.82) is 0 Å². The number of hydrogen-bond acceptors (Lipinski definition) is 8. The number of piperazine rings is 1. The third-order valence-electron chi connectivity index (χ3n) is 6.27. The number of esters is 1. The van der Waals surface area contributed by atoms with Gasteiger partial charge in [0.15, 0.2) is 5.13 Å². The average molecular weight is 381 g/mol. The summed E-state index contributed by atoms with van der Waals surface area (Å²) in [6, 6.07) is 0.284. The normalized spacial score (nSPS) is 33.3. The Bertz CT molecular complexity index is 646. The highest BCUT2D eigenvalue weighted by Crippen LogP contribution is 2.40. The summed E-state index contributed by atoms with van der Waals surface area (Å²) >= 11 is 1.40. The first-order valence-electron chi connectivity index (χ1n) is 9.45. The summed E-state index contributed by atoms with van der Waals surface area (Å²) in [5, 5.41) is 11.6. The third kappa shape index (κ3) is 3.47. The predicted molar refractivity (Wildman–Crippen MR) is 101 cm³/mol. The summed E-state index contributed by atoms with van der Waals surface area (Å²) in [5.74, 6) is 0.781. The number of hydrogen-bond donors (Lipinski definition) is 1. The van der Waals surface area contributed by atoms with Gasteiger partial charge in [-0.3, -0.25) is 4.90 Å². The van der Waals surface area contributed by atoms with Gasteiger partial charge in [-0.25, -0.2) is 9.78 Å². The Morgan fingerprint density at radius 1 is 1.23 bits per heavy atom. The highest BCUT2D eigenvalue weighted by Gasteiger charge is 2.44. The van der Waals surface area contributed by atoms with Crippen LogP contribution in [-0.2, 0) is 4.74 Å². The van der Waals surface area contributed by atoms with E-state index in [1.807, 2.05) is 0 Å². The fraction of sp³-hybridized carbons (Fsp3) is 0.778. The maximum absolute atomic E-state index is 11.7. The van der Waals surface area contributed by atoms with Gasteiger partial charge in [0.25, 0.3) is 0 Å². The Morgan fingerprint density at radius 3 is 2.62 bits per heavy atom. The van der Waals surface area contributed by atoms with Crippen molar-refractivity contribution in [2.75, 3.05) is 58.3 Å². The van der Waals surface area contributed by atoms with E-state index in [1.54, 1.807) is 6.20 Å². The maximum atomic E-state index is 11.7. The van der Waals surface area contributed by atoms with Crippen molar-refractivity contribution in [3.05, 3.63) is 11.1 Å². The van der Waals surface area contributed by atoms with Crippen molar-refractivity contribution >= 4 is 22.4 Å². The monoisotopic (exact) mass is 380 g/mol. The molecule has 3 heterocycles. The summed E-state index contributed by atoms with van der Waals surface area (Å²) in [6.07, 6.45) is 3.30. The molecular weight excluding hydrogens is 352 g/mol. The number of aromatic nitrogens is 1. The molecule has 3 aliphatic rings. The minimum absolute atomic E-state index is 0.235. The number of carbonyl (C=O) groups excluding carboxylic acids is 1. The number of likely N-dealkylation sites (N-methyl/N-ethyl adjacent to an activating group) is 1. The lowest BCUT2D eigenvalue weighted by Gasteiger charge is -2.44. The van der Waals surface area contributed by atoms with Crippen molar-refractivity contribution in [3.63, 3.8) is 0 Å². The minimum Gasteiger partial charge on any atom is -0.465 e. The molecule has 1 N–H and O–H groups in total. The number of aliphatic hydroxyl groups excluding tert-OH is 1. The number of carbonyl (C=O) groups is 1. The molecule has 2 aliphatic heterocycles. The van der Waals surface area contributed by atoms with Gasteiger partial charge in [-0.1, -0.05) is 11.3 Å². The van der Waals surface area contributed by atoms with Crippen LogP contribution < -0.4 is 4.90 Å². The van der Waals surface area contributed by atoms with Crippen LogP contribution in [0.1, 0.15) is 22.5 Å². The molecule has 7 nitrogen and oxygen atoms in total. The lowest BCUT2D eigenvalue weighted by atomic mass is 9.77. The van der Waals surface area contributed by atoms with E-state index < -0.39 is 0 Å². The topological polar surface area (TPSA) is 69.1 Å². The summed E-state index contributed by atoms with van der Waals surface area (Å²) < 4.78 is 4.78. The van der Waals surface area contributed by atoms with Gasteiger partial charge >= 0.3 is 5.97 Å². The molecule has 0 radical (unpaired) electrons. The van der Waals surface area contributed by atoms with Crippen LogP contribution in [0.2, 0.25) is 0 Å². The third-order valence-corrected chi connectivity index (χ3v) is 7.30. The zero-order valence-electron chi connectivity index (χ0n) is 15.5. The van der Waals surface area contributed by atoms with Gasteiger partial charge in [0, 0.05) is 45.3 Å². The van der Waals surface area contributed by atoms with Crippen LogP contribution in [-0.4, -0.2) is 91.4 Å². The molecule has 3 fully saturated rings. The number of thiazole rings is 1. The van der Waals surface area contributed by atoms with Gasteiger partial charge in [-0.2, -0.15) is 0 Å². The molecule has 1 aromatic heterocycles. The lowest BCUT2D eigenvalue weighted by molar-refractivity contribution is -0.0249. The highest BCUT2D eigenvalue weighted by atomic mass is 32.1. The second-order valence-electron chi connectivity index (χ2n) is 7.87. The molecule has 0 aromatic carbocycles. The Labute approximate surface area is 158 Å². The molecule has 26 heavy (non-hydrogen) atoms. The van der Waals surface area contributed by atoms with E-state index in [0.29, 0.717) is 16.7 Å². The average Bonchev–Trinajstić information content (AvgIpc) is 3.27. The van der Waals surface area contributed by atoms with Crippen molar-refractivity contribution in [2.24, 2.45) is 11.8 Å². The molecular formula is C18H28N4O3S. The van der Waals surface area contributed by atoms with Crippen LogP contribution in [0.4, 0.5) is 5.13 Å². The molecule has 0 spiro atoms. The molecule has 4 rings (SSSR count). The molecule has 2 saturated heterocycles. The Hall–Kier alpha value is -1.22. The summed E-state index contributed by atoms with van der Waals surface area (Å²) in [7, 11) is 3.56. The second-order valence-corrected chi connectivity index (χ2v) is 8.88. The van der Waals surface area contributed by atoms with E-state index in [0.717, 1.165) is 57.2 Å². The number of rotatable bonds is 3. The maximum Gasteiger partial charge on any atom is 0.349 e. The Kier molecular flexibility index (Phi) is 5.18. The Balaban J connectivity index is 1.41. The minimum atomic E-state index is -0.323. The molecule has 4 atom stereocenters. The summed E-state index contributed by atoms with van der Waals surface area (Å²) in [5.41, 5.74) is 0. The first kappa shape index (κ1) is 18.2. The van der Waals surface area contributed by atoms with Crippen LogP contribution in [0.3, 0.4) is 0 Å². The zero-order chi connectivity index (χ0) is 18.3. The van der Waals surface area contributed by atoms with Gasteiger partial charge < -0.3 is 19.6 Å². The number of anilines is 1. The van der Waals surface area contributed by atoms with Crippen molar-refractivity contribution in [2.45, 2.75) is 25.0 Å². The number of fused-ring (bicyclic) bond motifs is 1. The van der Waals surface area contributed by atoms with Gasteiger partial charge in [0.05, 0.1) is 19.4 Å². The number of aliphatic hydroxyl groups is 1. The number of ether oxygens (including phenoxy) is 1. The smallest absolute Gasteiger partial charge is 0.349 e. The Morgan fingerprint density at radius 2 is 1.92 bits per heavy atom. The largest absolute Gasteiger partial charge is 0.465 e. The van der Waals surface area contributed by atoms with Crippen molar-refractivity contribution < 1.29 is 14.6 Å². The molecule has 1 aliphatic carbocycles. The highest BCUT2D eigenvalue weighted by molar-refractivity contribution is 7.17. The fourth-order valence-electron chi connectivity index (χ4n) is 4.72. The molecule has 1 aromatic rings. The molecule has 1 saturated carbocycles. The van der Waals surface area contributed by atoms with Crippen molar-refractivity contribution in [3.8, 4) is 0 Å². The zero-order valence-corrected chi connectivity index (χ0v) is 16.3. The van der Waals surface area contributed by atoms with E-state index in [4.69, 9.17) is 4.74 Å². The summed E-state index contributed by atoms with van der Waals surface area (Å²) in [6.45, 7) is 6.15. The second kappa shape index (κ2) is 7.42. The number of nitrogens with zero attached hydrogens (tertiary/aromatic N) is 4. The molecule has 0 bridgehead atoms. The number of methoxy groups -OCH3 is 1. The fourth-order valence-corrected chi connectivity index (χ4v) is 5.57. The van der Waals surface area contributed by atoms with Gasteiger partial charge in [0.1, 0.15) is 4.88 Å².